The van der Waals surface area contributed by atoms with Crippen molar-refractivity contribution in [2.24, 2.45) is 0 Å². The molecule has 2 amide bonds. The van der Waals surface area contributed by atoms with Gasteiger partial charge in [0.2, 0.25) is 0 Å². The zero-order valence-electron chi connectivity index (χ0n) is 18.5. The number of nitrogens with zero attached hydrogens (tertiary/aromatic N) is 3. The Morgan fingerprint density at radius 1 is 1.06 bits per heavy atom. The third-order valence-corrected chi connectivity index (χ3v) is 5.84. The van der Waals surface area contributed by atoms with E-state index in [1.54, 1.807) is 24.4 Å². The molecule has 4 rings (SSSR count). The lowest BCUT2D eigenvalue weighted by atomic mass is 10.1. The molecule has 0 spiro atoms. The van der Waals surface area contributed by atoms with Crippen molar-refractivity contribution in [1.82, 2.24) is 19.9 Å². The van der Waals surface area contributed by atoms with E-state index in [1.165, 1.54) is 11.3 Å². The second-order valence-corrected chi connectivity index (χ2v) is 9.56. The van der Waals surface area contributed by atoms with Crippen LogP contribution in [-0.2, 0) is 12.1 Å². The van der Waals surface area contributed by atoms with E-state index in [0.717, 1.165) is 16.0 Å². The summed E-state index contributed by atoms with van der Waals surface area (Å²) >= 11 is 1.50. The van der Waals surface area contributed by atoms with Crippen molar-refractivity contribution in [3.8, 4) is 0 Å². The van der Waals surface area contributed by atoms with Crippen LogP contribution in [0.15, 0.2) is 54.2 Å². The SMILES string of the molecule is Cc1ccc(C(=O)Nc2ccc3c(C(=O)NCc4nccs4)cn(C(C)(C)C)c3n2)cc1. The first-order valence-electron chi connectivity index (χ1n) is 10.3. The lowest BCUT2D eigenvalue weighted by Gasteiger charge is -2.22. The van der Waals surface area contributed by atoms with E-state index in [4.69, 9.17) is 0 Å². The summed E-state index contributed by atoms with van der Waals surface area (Å²) in [5.74, 6) is 0.0139. The molecule has 164 valence electrons. The Morgan fingerprint density at radius 2 is 1.81 bits per heavy atom. The van der Waals surface area contributed by atoms with Gasteiger partial charge in [0, 0.05) is 34.3 Å². The second-order valence-electron chi connectivity index (χ2n) is 8.58. The molecule has 0 aliphatic carbocycles. The van der Waals surface area contributed by atoms with Crippen molar-refractivity contribution in [3.05, 3.63) is 75.9 Å². The van der Waals surface area contributed by atoms with Crippen LogP contribution in [0.3, 0.4) is 0 Å². The molecular formula is C24H25N5O2S. The summed E-state index contributed by atoms with van der Waals surface area (Å²) in [5.41, 5.74) is 2.52. The number of anilines is 1. The Bertz CT molecular complexity index is 1270. The second kappa shape index (κ2) is 8.55. The summed E-state index contributed by atoms with van der Waals surface area (Å²) in [4.78, 5) is 34.4. The normalized spacial score (nSPS) is 11.5. The molecule has 3 aromatic heterocycles. The van der Waals surface area contributed by atoms with E-state index in [0.29, 0.717) is 29.1 Å². The predicted molar refractivity (Wildman–Crippen MR) is 127 cm³/mol. The van der Waals surface area contributed by atoms with Gasteiger partial charge in [-0.1, -0.05) is 17.7 Å². The third-order valence-electron chi connectivity index (χ3n) is 5.06. The van der Waals surface area contributed by atoms with Gasteiger partial charge in [0.25, 0.3) is 11.8 Å². The Hall–Kier alpha value is -3.52. The molecule has 7 nitrogen and oxygen atoms in total. The molecule has 0 radical (unpaired) electrons. The number of carbonyl (C=O) groups is 2. The molecule has 0 unspecified atom stereocenters. The van der Waals surface area contributed by atoms with Crippen molar-refractivity contribution in [1.29, 1.82) is 0 Å². The Kier molecular flexibility index (Phi) is 5.80. The highest BCUT2D eigenvalue weighted by atomic mass is 32.1. The average molecular weight is 448 g/mol. The van der Waals surface area contributed by atoms with Gasteiger partial charge in [0.15, 0.2) is 0 Å². The van der Waals surface area contributed by atoms with Crippen LogP contribution in [-0.4, -0.2) is 26.3 Å². The minimum absolute atomic E-state index is 0.188. The number of hydrogen-bond donors (Lipinski definition) is 2. The van der Waals surface area contributed by atoms with Gasteiger partial charge in [-0.15, -0.1) is 11.3 Å². The van der Waals surface area contributed by atoms with Gasteiger partial charge in [-0.25, -0.2) is 9.97 Å². The van der Waals surface area contributed by atoms with Gasteiger partial charge >= 0.3 is 0 Å². The molecular weight excluding hydrogens is 422 g/mol. The molecule has 0 aliphatic heterocycles. The van der Waals surface area contributed by atoms with Gasteiger partial charge in [-0.2, -0.15) is 0 Å². The van der Waals surface area contributed by atoms with Gasteiger partial charge in [0.1, 0.15) is 16.5 Å². The monoisotopic (exact) mass is 447 g/mol. The Balaban J connectivity index is 1.64. The average Bonchev–Trinajstić information content (AvgIpc) is 3.40. The smallest absolute Gasteiger partial charge is 0.256 e. The standard InChI is InChI=1S/C24H25N5O2S/c1-15-5-7-16(8-6-15)22(30)28-19-10-9-17-18(14-29(21(17)27-19)24(2,3)4)23(31)26-13-20-25-11-12-32-20/h5-12,14H,13H2,1-4H3,(H,26,31)(H,27,28,30). The topological polar surface area (TPSA) is 88.9 Å². The first-order valence-corrected chi connectivity index (χ1v) is 11.2. The number of aromatic nitrogens is 3. The number of pyridine rings is 1. The van der Waals surface area contributed by atoms with Crippen LogP contribution in [0.1, 0.15) is 52.1 Å². The maximum atomic E-state index is 12.9. The summed E-state index contributed by atoms with van der Waals surface area (Å²) in [6, 6.07) is 10.9. The van der Waals surface area contributed by atoms with Crippen LogP contribution >= 0.6 is 11.3 Å². The van der Waals surface area contributed by atoms with Crippen molar-refractivity contribution in [2.75, 3.05) is 5.32 Å². The Labute approximate surface area is 190 Å². The predicted octanol–water partition coefficient (Wildman–Crippen LogP) is 4.74. The maximum Gasteiger partial charge on any atom is 0.256 e. The van der Waals surface area contributed by atoms with E-state index in [9.17, 15) is 9.59 Å². The van der Waals surface area contributed by atoms with Crippen LogP contribution in [0, 0.1) is 6.92 Å². The lowest BCUT2D eigenvalue weighted by Crippen LogP contribution is -2.23. The van der Waals surface area contributed by atoms with Crippen LogP contribution in [0.2, 0.25) is 0 Å². The van der Waals surface area contributed by atoms with E-state index in [-0.39, 0.29) is 17.4 Å². The molecule has 4 aromatic rings. The van der Waals surface area contributed by atoms with Crippen LogP contribution < -0.4 is 10.6 Å². The van der Waals surface area contributed by atoms with Crippen molar-refractivity contribution >= 4 is 40.0 Å². The van der Waals surface area contributed by atoms with Gasteiger partial charge < -0.3 is 15.2 Å². The van der Waals surface area contributed by atoms with Gasteiger partial charge in [-0.3, -0.25) is 9.59 Å². The highest BCUT2D eigenvalue weighted by molar-refractivity contribution is 7.09. The number of carbonyl (C=O) groups excluding carboxylic acids is 2. The molecule has 0 aliphatic rings. The number of thiazole rings is 1. The van der Waals surface area contributed by atoms with Crippen molar-refractivity contribution < 1.29 is 9.59 Å². The van der Waals surface area contributed by atoms with Crippen molar-refractivity contribution in [3.63, 3.8) is 0 Å². The van der Waals surface area contributed by atoms with E-state index in [1.807, 2.05) is 62.0 Å². The quantitative estimate of drug-likeness (QED) is 0.463. The molecule has 2 N–H and O–H groups in total. The highest BCUT2D eigenvalue weighted by Crippen LogP contribution is 2.28. The molecule has 0 saturated heterocycles. The maximum absolute atomic E-state index is 12.9. The highest BCUT2D eigenvalue weighted by Gasteiger charge is 2.23. The molecule has 0 bridgehead atoms. The number of hydrogen-bond acceptors (Lipinski definition) is 5. The molecule has 1 aromatic carbocycles. The fourth-order valence-electron chi connectivity index (χ4n) is 3.35. The van der Waals surface area contributed by atoms with Crippen LogP contribution in [0.25, 0.3) is 11.0 Å². The first kappa shape index (κ1) is 21.7. The number of fused-ring (bicyclic) bond motifs is 1. The largest absolute Gasteiger partial charge is 0.345 e. The number of rotatable bonds is 5. The van der Waals surface area contributed by atoms with Crippen LogP contribution in [0.4, 0.5) is 5.82 Å². The summed E-state index contributed by atoms with van der Waals surface area (Å²) in [6.07, 6.45) is 3.54. The van der Waals surface area contributed by atoms with Gasteiger partial charge in [0.05, 0.1) is 12.1 Å². The molecule has 0 fully saturated rings. The van der Waals surface area contributed by atoms with E-state index >= 15 is 0 Å². The molecule has 0 saturated carbocycles. The van der Waals surface area contributed by atoms with E-state index < -0.39 is 0 Å². The summed E-state index contributed by atoms with van der Waals surface area (Å²) in [7, 11) is 0. The molecule has 8 heteroatoms. The molecule has 32 heavy (non-hydrogen) atoms. The summed E-state index contributed by atoms with van der Waals surface area (Å²) in [6.45, 7) is 8.48. The summed E-state index contributed by atoms with van der Waals surface area (Å²) in [5, 5.41) is 9.24. The van der Waals surface area contributed by atoms with E-state index in [2.05, 4.69) is 20.6 Å². The van der Waals surface area contributed by atoms with Crippen molar-refractivity contribution in [2.45, 2.75) is 39.8 Å². The van der Waals surface area contributed by atoms with Gasteiger partial charge in [-0.05, 0) is 52.0 Å². The zero-order valence-corrected chi connectivity index (χ0v) is 19.3. The lowest BCUT2D eigenvalue weighted by molar-refractivity contribution is 0.0951. The number of benzene rings is 1. The number of amides is 2. The first-order chi connectivity index (χ1) is 15.2. The zero-order chi connectivity index (χ0) is 22.9. The minimum Gasteiger partial charge on any atom is -0.345 e. The Morgan fingerprint density at radius 3 is 2.47 bits per heavy atom. The minimum atomic E-state index is -0.307. The number of aryl methyl sites for hydroxylation is 1. The van der Waals surface area contributed by atoms with Crippen LogP contribution in [0.5, 0.6) is 0 Å². The molecule has 3 heterocycles. The fraction of sp³-hybridized carbons (Fsp3) is 0.250. The summed E-state index contributed by atoms with van der Waals surface area (Å²) < 4.78 is 1.96. The fourth-order valence-corrected chi connectivity index (χ4v) is 3.90. The third kappa shape index (κ3) is 4.55. The molecule has 0 atom stereocenters. The number of nitrogens with one attached hydrogen (secondary N) is 2.